The summed E-state index contributed by atoms with van der Waals surface area (Å²) < 4.78 is 5.80. The second kappa shape index (κ2) is 5.32. The van der Waals surface area contributed by atoms with E-state index in [0.717, 1.165) is 6.92 Å². The summed E-state index contributed by atoms with van der Waals surface area (Å²) in [4.78, 5) is 0. The molecule has 9 N–H and O–H groups in total. The Bertz CT molecular complexity index is 556. The highest BCUT2D eigenvalue weighted by atomic mass is 16.6. The number of aliphatic hydroxyl groups excluding tert-OH is 8. The van der Waals surface area contributed by atoms with E-state index < -0.39 is 78.0 Å². The first-order valence-electron chi connectivity index (χ1n) is 8.13. The molecule has 25 heavy (non-hydrogen) atoms. The number of hydrogen-bond acceptors (Lipinski definition) is 10. The molecular formula is C15H26O10. The Balaban J connectivity index is 2.36. The summed E-state index contributed by atoms with van der Waals surface area (Å²) in [6.07, 6.45) is -11.5. The first-order valence-corrected chi connectivity index (χ1v) is 8.13. The third-order valence-electron chi connectivity index (χ3n) is 6.84. The van der Waals surface area contributed by atoms with Gasteiger partial charge in [-0.15, -0.1) is 0 Å². The van der Waals surface area contributed by atoms with Gasteiger partial charge in [0.25, 0.3) is 0 Å². The number of hydrogen-bond donors (Lipinski definition) is 9. The van der Waals surface area contributed by atoms with Gasteiger partial charge in [0, 0.05) is 5.92 Å². The van der Waals surface area contributed by atoms with Crippen LogP contribution >= 0.6 is 0 Å². The van der Waals surface area contributed by atoms with Crippen LogP contribution in [0.2, 0.25) is 0 Å². The van der Waals surface area contributed by atoms with Crippen molar-refractivity contribution in [2.45, 2.75) is 67.3 Å². The zero-order chi connectivity index (χ0) is 19.2. The van der Waals surface area contributed by atoms with Crippen LogP contribution in [0.3, 0.4) is 0 Å². The molecule has 1 saturated heterocycles. The van der Waals surface area contributed by atoms with Crippen LogP contribution in [0.15, 0.2) is 0 Å². The van der Waals surface area contributed by atoms with Crippen molar-refractivity contribution in [2.24, 2.45) is 11.3 Å². The van der Waals surface area contributed by atoms with E-state index in [1.165, 1.54) is 6.92 Å². The molecule has 1 spiro atoms. The molecule has 11 atom stereocenters. The highest BCUT2D eigenvalue weighted by Crippen LogP contribution is 2.66. The predicted octanol–water partition coefficient (Wildman–Crippen LogP) is -4.96. The van der Waals surface area contributed by atoms with Crippen LogP contribution in [0.5, 0.6) is 0 Å². The minimum atomic E-state index is -2.44. The molecule has 3 fully saturated rings. The molecule has 0 aromatic rings. The lowest BCUT2D eigenvalue weighted by atomic mass is 9.45. The normalized spacial score (nSPS) is 64.2. The summed E-state index contributed by atoms with van der Waals surface area (Å²) in [6, 6.07) is 0. The van der Waals surface area contributed by atoms with Crippen molar-refractivity contribution in [1.29, 1.82) is 0 Å². The lowest BCUT2D eigenvalue weighted by Gasteiger charge is -2.66. The van der Waals surface area contributed by atoms with Crippen molar-refractivity contribution < 1.29 is 50.7 Å². The van der Waals surface area contributed by atoms with Crippen LogP contribution in [0.25, 0.3) is 0 Å². The van der Waals surface area contributed by atoms with E-state index in [1.54, 1.807) is 0 Å². The van der Waals surface area contributed by atoms with Gasteiger partial charge in [-0.3, -0.25) is 0 Å². The number of rotatable bonds is 2. The molecule has 1 aliphatic heterocycles. The minimum Gasteiger partial charge on any atom is -0.395 e. The maximum Gasteiger partial charge on any atom is 0.139 e. The number of ether oxygens (including phenoxy) is 1. The van der Waals surface area contributed by atoms with Gasteiger partial charge in [-0.1, -0.05) is 0 Å². The zero-order valence-electron chi connectivity index (χ0n) is 13.9. The van der Waals surface area contributed by atoms with E-state index in [-0.39, 0.29) is 0 Å². The molecule has 10 nitrogen and oxygen atoms in total. The predicted molar refractivity (Wildman–Crippen MR) is 79.0 cm³/mol. The maximum absolute atomic E-state index is 11.0. The lowest BCUT2D eigenvalue weighted by molar-refractivity contribution is -0.385. The smallest absolute Gasteiger partial charge is 0.139 e. The van der Waals surface area contributed by atoms with Crippen molar-refractivity contribution >= 4 is 0 Å². The van der Waals surface area contributed by atoms with E-state index >= 15 is 0 Å². The van der Waals surface area contributed by atoms with E-state index in [9.17, 15) is 46.0 Å². The SMILES string of the molecule is CC1(O)C(O)C(O)C(O)C2(CO)C(O)C(O)C3C(O)C12O[C@@]3(C)CO. The van der Waals surface area contributed by atoms with E-state index in [2.05, 4.69) is 0 Å². The Kier molecular flexibility index (Phi) is 4.12. The summed E-state index contributed by atoms with van der Waals surface area (Å²) in [7, 11) is 0. The van der Waals surface area contributed by atoms with Crippen LogP contribution < -0.4 is 0 Å². The first-order chi connectivity index (χ1) is 11.4. The molecule has 3 rings (SSSR count). The van der Waals surface area contributed by atoms with Gasteiger partial charge in [0.2, 0.25) is 0 Å². The van der Waals surface area contributed by atoms with Gasteiger partial charge in [-0.05, 0) is 13.8 Å². The molecule has 0 aromatic carbocycles. The third kappa shape index (κ3) is 1.74. The number of fused-ring (bicyclic) bond motifs is 1. The van der Waals surface area contributed by atoms with Crippen molar-refractivity contribution in [2.75, 3.05) is 13.2 Å². The third-order valence-corrected chi connectivity index (χ3v) is 6.84. The van der Waals surface area contributed by atoms with Crippen LogP contribution in [-0.2, 0) is 4.74 Å². The highest BCUT2D eigenvalue weighted by molar-refractivity contribution is 5.34. The molecule has 2 saturated carbocycles. The Morgan fingerprint density at radius 1 is 0.760 bits per heavy atom. The van der Waals surface area contributed by atoms with E-state index in [1.807, 2.05) is 0 Å². The Hall–Kier alpha value is -0.400. The summed E-state index contributed by atoms with van der Waals surface area (Å²) in [6.45, 7) is 0.564. The van der Waals surface area contributed by atoms with Crippen LogP contribution in [0.1, 0.15) is 13.8 Å². The van der Waals surface area contributed by atoms with Crippen molar-refractivity contribution in [1.82, 2.24) is 0 Å². The summed E-state index contributed by atoms with van der Waals surface area (Å²) >= 11 is 0. The largest absolute Gasteiger partial charge is 0.395 e. The monoisotopic (exact) mass is 366 g/mol. The van der Waals surface area contributed by atoms with Gasteiger partial charge in [-0.2, -0.15) is 0 Å². The molecule has 1 heterocycles. The Morgan fingerprint density at radius 2 is 1.28 bits per heavy atom. The summed E-state index contributed by atoms with van der Waals surface area (Å²) in [5, 5.41) is 94.0. The van der Waals surface area contributed by atoms with Crippen LogP contribution in [0.4, 0.5) is 0 Å². The van der Waals surface area contributed by atoms with E-state index in [0.29, 0.717) is 0 Å². The van der Waals surface area contributed by atoms with Gasteiger partial charge in [0.15, 0.2) is 0 Å². The Morgan fingerprint density at radius 3 is 1.76 bits per heavy atom. The number of aliphatic hydroxyl groups is 9. The fourth-order valence-corrected chi connectivity index (χ4v) is 5.46. The maximum atomic E-state index is 11.0. The fourth-order valence-electron chi connectivity index (χ4n) is 5.46. The quantitative estimate of drug-likeness (QED) is 0.229. The second-order valence-electron chi connectivity index (χ2n) is 7.94. The Labute approximate surface area is 143 Å². The van der Waals surface area contributed by atoms with Gasteiger partial charge in [-0.25, -0.2) is 0 Å². The molecule has 2 aliphatic carbocycles. The van der Waals surface area contributed by atoms with Gasteiger partial charge >= 0.3 is 0 Å². The topological polar surface area (TPSA) is 191 Å². The highest BCUT2D eigenvalue weighted by Gasteiger charge is 2.86. The minimum absolute atomic E-state index is 0.716. The molecule has 10 unspecified atom stereocenters. The van der Waals surface area contributed by atoms with E-state index in [4.69, 9.17) is 4.74 Å². The van der Waals surface area contributed by atoms with Gasteiger partial charge in [0.05, 0.1) is 48.6 Å². The van der Waals surface area contributed by atoms with Gasteiger partial charge in [0.1, 0.15) is 23.4 Å². The van der Waals surface area contributed by atoms with Crippen molar-refractivity contribution in [3.05, 3.63) is 0 Å². The average molecular weight is 366 g/mol. The molecule has 0 aromatic heterocycles. The molecule has 146 valence electrons. The molecule has 2 bridgehead atoms. The standard InChI is InChI=1S/C15H26O10/c1-12(3-16)5-6(18)10(22)14(4-17)11(23)7(19)9(21)13(2,24)15(14,25-12)8(5)20/h5-11,16-24H,3-4H2,1-2H3/t5?,6?,7?,8?,9?,10?,11?,12-,13?,14?,15?/m0/s1. The van der Waals surface area contributed by atoms with Crippen molar-refractivity contribution in [3.63, 3.8) is 0 Å². The summed E-state index contributed by atoms with van der Waals surface area (Å²) in [5.74, 6) is -1.28. The zero-order valence-corrected chi connectivity index (χ0v) is 13.9. The molecule has 0 radical (unpaired) electrons. The molecular weight excluding hydrogens is 340 g/mol. The molecule has 10 heteroatoms. The van der Waals surface area contributed by atoms with Crippen molar-refractivity contribution in [3.8, 4) is 0 Å². The first kappa shape index (κ1) is 19.4. The second-order valence-corrected chi connectivity index (χ2v) is 7.94. The van der Waals surface area contributed by atoms with Crippen LogP contribution in [-0.4, -0.2) is 113 Å². The summed E-state index contributed by atoms with van der Waals surface area (Å²) in [5.41, 5.74) is -8.78. The fraction of sp³-hybridized carbons (Fsp3) is 1.00. The lowest BCUT2D eigenvalue weighted by Crippen LogP contribution is -2.87. The van der Waals surface area contributed by atoms with Gasteiger partial charge < -0.3 is 50.7 Å². The van der Waals surface area contributed by atoms with Crippen LogP contribution in [0, 0.1) is 11.3 Å². The molecule has 0 amide bonds. The molecule has 3 aliphatic rings. The average Bonchev–Trinajstić information content (AvgIpc) is 2.78.